The molecule has 0 saturated heterocycles. The van der Waals surface area contributed by atoms with E-state index in [0.29, 0.717) is 11.6 Å². The predicted octanol–water partition coefficient (Wildman–Crippen LogP) is 1.19. The second-order valence-corrected chi connectivity index (χ2v) is 5.32. The lowest BCUT2D eigenvalue weighted by Crippen LogP contribution is -2.38. The van der Waals surface area contributed by atoms with Crippen LogP contribution in [0.1, 0.15) is 17.7 Å². The Bertz CT molecular complexity index is 737. The van der Waals surface area contributed by atoms with Crippen molar-refractivity contribution < 1.29 is 19.1 Å². The summed E-state index contributed by atoms with van der Waals surface area (Å²) in [5, 5.41) is 2.46. The van der Waals surface area contributed by atoms with E-state index in [2.05, 4.69) is 15.3 Å². The van der Waals surface area contributed by atoms with E-state index < -0.39 is 17.9 Å². The number of nitrogens with zero attached hydrogens (tertiary/aromatic N) is 2. The first-order valence-corrected chi connectivity index (χ1v) is 7.63. The smallest absolute Gasteiger partial charge is 0.308 e. The molecule has 8 nitrogen and oxygen atoms in total. The number of aryl methyl sites for hydroxylation is 1. The van der Waals surface area contributed by atoms with E-state index in [1.807, 2.05) is 30.3 Å². The van der Waals surface area contributed by atoms with Crippen LogP contribution >= 0.6 is 0 Å². The fourth-order valence-electron chi connectivity index (χ4n) is 1.97. The van der Waals surface area contributed by atoms with Crippen LogP contribution in [0.15, 0.2) is 36.4 Å². The minimum Gasteiger partial charge on any atom is -0.481 e. The van der Waals surface area contributed by atoms with Crippen molar-refractivity contribution in [2.24, 2.45) is 5.73 Å². The summed E-state index contributed by atoms with van der Waals surface area (Å²) in [7, 11) is 1.46. The number of nitrogens with two attached hydrogens (primary N) is 1. The van der Waals surface area contributed by atoms with Crippen molar-refractivity contribution in [1.29, 1.82) is 0 Å². The maximum absolute atomic E-state index is 12.1. The average molecular weight is 344 g/mol. The van der Waals surface area contributed by atoms with Gasteiger partial charge in [0, 0.05) is 11.8 Å². The lowest BCUT2D eigenvalue weighted by Gasteiger charge is -2.12. The number of nitrogens with one attached hydrogen (secondary N) is 1. The molecule has 2 aromatic rings. The van der Waals surface area contributed by atoms with E-state index >= 15 is 0 Å². The molecule has 0 unspecified atom stereocenters. The Kier molecular flexibility index (Phi) is 6.41. The van der Waals surface area contributed by atoms with Gasteiger partial charge >= 0.3 is 5.97 Å². The molecule has 1 aromatic carbocycles. The van der Waals surface area contributed by atoms with E-state index in [0.717, 1.165) is 5.56 Å². The molecular weight excluding hydrogens is 324 g/mol. The number of aromatic nitrogens is 2. The standard InChI is InChI=1S/C17H20N4O4/c1-11-8-14(24-2)20-17(19-11)21-16(23)13(18)9-15(22)25-10-12-6-4-3-5-7-12/h3-8,13H,9-10,18H2,1-2H3,(H,19,20,21,23)/t13-/m0/s1. The van der Waals surface area contributed by atoms with Gasteiger partial charge in [-0.1, -0.05) is 30.3 Å². The Labute approximate surface area is 145 Å². The zero-order valence-electron chi connectivity index (χ0n) is 14.1. The van der Waals surface area contributed by atoms with E-state index in [4.69, 9.17) is 15.2 Å². The first-order valence-electron chi connectivity index (χ1n) is 7.63. The van der Waals surface area contributed by atoms with Crippen LogP contribution in [-0.2, 0) is 20.9 Å². The molecule has 1 amide bonds. The summed E-state index contributed by atoms with van der Waals surface area (Å²) in [6.45, 7) is 1.87. The summed E-state index contributed by atoms with van der Waals surface area (Å²) in [6, 6.07) is 9.78. The Balaban J connectivity index is 1.85. The number of hydrogen-bond donors (Lipinski definition) is 2. The maximum atomic E-state index is 12.1. The van der Waals surface area contributed by atoms with Crippen molar-refractivity contribution in [3.63, 3.8) is 0 Å². The van der Waals surface area contributed by atoms with Crippen molar-refractivity contribution in [3.05, 3.63) is 47.7 Å². The van der Waals surface area contributed by atoms with Crippen molar-refractivity contribution in [3.8, 4) is 5.88 Å². The van der Waals surface area contributed by atoms with Crippen molar-refractivity contribution in [1.82, 2.24) is 9.97 Å². The maximum Gasteiger partial charge on any atom is 0.308 e. The fraction of sp³-hybridized carbons (Fsp3) is 0.294. The molecule has 0 fully saturated rings. The lowest BCUT2D eigenvalue weighted by atomic mass is 10.2. The van der Waals surface area contributed by atoms with Crippen LogP contribution in [0.2, 0.25) is 0 Å². The molecule has 0 aliphatic rings. The summed E-state index contributed by atoms with van der Waals surface area (Å²) >= 11 is 0. The molecule has 2 rings (SSSR count). The number of esters is 1. The molecule has 1 aromatic heterocycles. The Morgan fingerprint density at radius 2 is 1.96 bits per heavy atom. The highest BCUT2D eigenvalue weighted by molar-refractivity contribution is 5.95. The first kappa shape index (κ1) is 18.3. The molecular formula is C17H20N4O4. The number of rotatable bonds is 7. The van der Waals surface area contributed by atoms with Crippen molar-refractivity contribution >= 4 is 17.8 Å². The van der Waals surface area contributed by atoms with Crippen molar-refractivity contribution in [2.45, 2.75) is 26.0 Å². The molecule has 0 aliphatic carbocycles. The van der Waals surface area contributed by atoms with Gasteiger partial charge in [-0.05, 0) is 12.5 Å². The zero-order valence-corrected chi connectivity index (χ0v) is 14.1. The summed E-state index contributed by atoms with van der Waals surface area (Å²) in [6.07, 6.45) is -0.248. The number of ether oxygens (including phenoxy) is 2. The molecule has 0 radical (unpaired) electrons. The van der Waals surface area contributed by atoms with E-state index in [-0.39, 0.29) is 19.0 Å². The molecule has 3 N–H and O–H groups in total. The van der Waals surface area contributed by atoms with Crippen molar-refractivity contribution in [2.75, 3.05) is 12.4 Å². The molecule has 0 spiro atoms. The summed E-state index contributed by atoms with van der Waals surface area (Å²) in [4.78, 5) is 31.9. The Morgan fingerprint density at radius 3 is 2.64 bits per heavy atom. The largest absolute Gasteiger partial charge is 0.481 e. The number of benzene rings is 1. The van der Waals surface area contributed by atoms with Gasteiger partial charge in [0.1, 0.15) is 6.61 Å². The molecule has 0 aliphatic heterocycles. The topological polar surface area (TPSA) is 116 Å². The van der Waals surface area contributed by atoms with Gasteiger partial charge in [-0.25, -0.2) is 4.98 Å². The fourth-order valence-corrected chi connectivity index (χ4v) is 1.97. The summed E-state index contributed by atoms with van der Waals surface area (Å²) in [5.41, 5.74) is 7.22. The molecule has 132 valence electrons. The molecule has 1 atom stereocenters. The van der Waals surface area contributed by atoms with Crippen LogP contribution < -0.4 is 15.8 Å². The van der Waals surface area contributed by atoms with Gasteiger partial charge < -0.3 is 15.2 Å². The van der Waals surface area contributed by atoms with Crippen LogP contribution in [0, 0.1) is 6.92 Å². The van der Waals surface area contributed by atoms with Gasteiger partial charge in [0.15, 0.2) is 0 Å². The summed E-state index contributed by atoms with van der Waals surface area (Å²) < 4.78 is 10.1. The Morgan fingerprint density at radius 1 is 1.24 bits per heavy atom. The zero-order chi connectivity index (χ0) is 18.2. The number of anilines is 1. The van der Waals surface area contributed by atoms with Crippen LogP contribution in [-0.4, -0.2) is 35.0 Å². The molecule has 25 heavy (non-hydrogen) atoms. The van der Waals surface area contributed by atoms with Crippen LogP contribution in [0.25, 0.3) is 0 Å². The van der Waals surface area contributed by atoms with Crippen LogP contribution in [0.5, 0.6) is 5.88 Å². The third-order valence-electron chi connectivity index (χ3n) is 3.24. The third kappa shape index (κ3) is 5.85. The number of carbonyl (C=O) groups excluding carboxylic acids is 2. The van der Waals surface area contributed by atoms with Gasteiger partial charge in [-0.2, -0.15) is 4.98 Å². The number of amides is 1. The van der Waals surface area contributed by atoms with E-state index in [1.165, 1.54) is 7.11 Å². The van der Waals surface area contributed by atoms with Gasteiger partial charge in [-0.3, -0.25) is 14.9 Å². The molecule has 8 heteroatoms. The highest BCUT2D eigenvalue weighted by Gasteiger charge is 2.20. The third-order valence-corrected chi connectivity index (χ3v) is 3.24. The monoisotopic (exact) mass is 344 g/mol. The lowest BCUT2D eigenvalue weighted by molar-refractivity contribution is -0.146. The SMILES string of the molecule is COc1cc(C)nc(NC(=O)[C@@H](N)CC(=O)OCc2ccccc2)n1. The quantitative estimate of drug-likeness (QED) is 0.725. The van der Waals surface area contributed by atoms with Crippen LogP contribution in [0.4, 0.5) is 5.95 Å². The normalized spacial score (nSPS) is 11.5. The van der Waals surface area contributed by atoms with Gasteiger partial charge in [-0.15, -0.1) is 0 Å². The number of methoxy groups -OCH3 is 1. The second kappa shape index (κ2) is 8.74. The minimum absolute atomic E-state index is 0.0648. The second-order valence-electron chi connectivity index (χ2n) is 5.32. The Hall–Kier alpha value is -3.00. The van der Waals surface area contributed by atoms with E-state index in [9.17, 15) is 9.59 Å². The number of carbonyl (C=O) groups is 2. The minimum atomic E-state index is -1.07. The first-order chi connectivity index (χ1) is 12.0. The molecule has 1 heterocycles. The highest BCUT2D eigenvalue weighted by Crippen LogP contribution is 2.11. The van der Waals surface area contributed by atoms with Gasteiger partial charge in [0.25, 0.3) is 0 Å². The number of hydrogen-bond acceptors (Lipinski definition) is 7. The molecule has 0 saturated carbocycles. The summed E-state index contributed by atoms with van der Waals surface area (Å²) in [5.74, 6) is -0.757. The average Bonchev–Trinajstić information content (AvgIpc) is 2.60. The van der Waals surface area contributed by atoms with Crippen LogP contribution in [0.3, 0.4) is 0 Å². The van der Waals surface area contributed by atoms with E-state index in [1.54, 1.807) is 13.0 Å². The highest BCUT2D eigenvalue weighted by atomic mass is 16.5. The van der Waals surface area contributed by atoms with Gasteiger partial charge in [0.2, 0.25) is 17.7 Å². The van der Waals surface area contributed by atoms with Gasteiger partial charge in [0.05, 0.1) is 19.6 Å². The molecule has 0 bridgehead atoms. The predicted molar refractivity (Wildman–Crippen MR) is 90.8 cm³/mol.